The van der Waals surface area contributed by atoms with E-state index in [1.165, 1.54) is 130 Å². The summed E-state index contributed by atoms with van der Waals surface area (Å²) >= 11 is 20.4. The Kier molecular flexibility index (Phi) is 14.5. The van der Waals surface area contributed by atoms with Gasteiger partial charge < -0.3 is 0 Å². The number of rotatable bonds is 9. The van der Waals surface area contributed by atoms with Gasteiger partial charge in [0.15, 0.2) is 0 Å². The number of hydrogen-bond acceptors (Lipinski definition) is 2. The van der Waals surface area contributed by atoms with Gasteiger partial charge in [0, 0.05) is 57.3 Å². The molecule has 0 saturated heterocycles. The van der Waals surface area contributed by atoms with E-state index in [-0.39, 0.29) is 0 Å². The summed E-state index contributed by atoms with van der Waals surface area (Å²) in [4.78, 5) is 1.28. The van der Waals surface area contributed by atoms with Crippen LogP contribution in [0.25, 0.3) is 141 Å². The van der Waals surface area contributed by atoms with E-state index in [1.807, 2.05) is 46.9 Å². The predicted octanol–water partition coefficient (Wildman–Crippen LogP) is 25.2. The zero-order valence-electron chi connectivity index (χ0n) is 44.7. The lowest BCUT2D eigenvalue weighted by Crippen LogP contribution is -1.90. The second-order valence-corrected chi connectivity index (χ2v) is 24.8. The molecule has 0 spiro atoms. The Hall–Kier alpha value is -8.64. The maximum Gasteiger partial charge on any atom is 0.0789 e. The van der Waals surface area contributed by atoms with Crippen LogP contribution in [0.4, 0.5) is 0 Å². The molecular weight excluding hydrogens is 1150 g/mol. The van der Waals surface area contributed by atoms with Crippen LogP contribution in [-0.4, -0.2) is 0 Å². The molecule has 0 aliphatic rings. The van der Waals surface area contributed by atoms with Crippen molar-refractivity contribution in [2.45, 2.75) is 0 Å². The summed E-state index contributed by atoms with van der Waals surface area (Å²) in [6.45, 7) is 0. The monoisotopic (exact) mass is 1200 g/mol. The van der Waals surface area contributed by atoms with E-state index in [0.717, 1.165) is 25.0 Å². The van der Waals surface area contributed by atoms with E-state index in [4.69, 9.17) is 23.2 Å². The lowest BCUT2D eigenvalue weighted by atomic mass is 9.86. The standard InChI is InChI=1S/C42H27ClS.C36H22BrClS/c43-34-26-24-31(25-27-34)37-35-18-10-11-19-36(35)40-39(32-22-20-29(21-23-32)28-12-4-1-5-13-28)41(33-16-8-3-9-17-33)44-42(40)38(37)30-14-6-2-7-15-30;37-36-33(27-17-15-24(16-18-27)23-9-3-1-4-10-23)34-30-14-8-7-13-29(30)31(26-19-21-28(38)22-20-26)32(35(34)39-36)25-11-5-2-6-12-25/h1-27H;1-22H. The lowest BCUT2D eigenvalue weighted by molar-refractivity contribution is 1.61. The minimum absolute atomic E-state index is 0.740. The molecule has 0 radical (unpaired) electrons. The number of halogens is 3. The Morgan fingerprint density at radius 3 is 0.892 bits per heavy atom. The van der Waals surface area contributed by atoms with E-state index in [1.54, 1.807) is 0 Å². The number of fused-ring (bicyclic) bond motifs is 6. The first-order chi connectivity index (χ1) is 40.9. The maximum atomic E-state index is 6.38. The van der Waals surface area contributed by atoms with Gasteiger partial charge in [0.2, 0.25) is 0 Å². The van der Waals surface area contributed by atoms with Gasteiger partial charge in [-0.3, -0.25) is 0 Å². The van der Waals surface area contributed by atoms with Crippen molar-refractivity contribution in [3.63, 3.8) is 0 Å². The molecule has 0 N–H and O–H groups in total. The van der Waals surface area contributed by atoms with Crippen molar-refractivity contribution in [2.24, 2.45) is 0 Å². The van der Waals surface area contributed by atoms with Crippen molar-refractivity contribution < 1.29 is 0 Å². The van der Waals surface area contributed by atoms with Crippen molar-refractivity contribution in [1.82, 2.24) is 0 Å². The third kappa shape index (κ3) is 9.99. The quantitative estimate of drug-likeness (QED) is 0.135. The summed E-state index contributed by atoms with van der Waals surface area (Å²) in [6.07, 6.45) is 0. The minimum atomic E-state index is 0.740. The highest BCUT2D eigenvalue weighted by Crippen LogP contribution is 2.56. The van der Waals surface area contributed by atoms with Gasteiger partial charge in [0.25, 0.3) is 0 Å². The molecule has 13 aromatic carbocycles. The maximum absolute atomic E-state index is 6.38. The molecule has 0 fully saturated rings. The summed E-state index contributed by atoms with van der Waals surface area (Å²) in [5.74, 6) is 0. The number of thiophene rings is 2. The summed E-state index contributed by atoms with van der Waals surface area (Å²) in [6, 6.07) is 106. The van der Waals surface area contributed by atoms with Gasteiger partial charge in [-0.05, 0) is 134 Å². The minimum Gasteiger partial charge on any atom is -0.134 e. The first kappa shape index (κ1) is 52.4. The lowest BCUT2D eigenvalue weighted by Gasteiger charge is -2.17. The molecule has 83 heavy (non-hydrogen) atoms. The third-order valence-electron chi connectivity index (χ3n) is 15.6. The molecule has 0 saturated carbocycles. The molecule has 2 aromatic heterocycles. The van der Waals surface area contributed by atoms with Crippen LogP contribution >= 0.6 is 61.8 Å². The highest BCUT2D eigenvalue weighted by molar-refractivity contribution is 9.11. The van der Waals surface area contributed by atoms with Gasteiger partial charge in [-0.25, -0.2) is 0 Å². The molecule has 0 bridgehead atoms. The van der Waals surface area contributed by atoms with E-state index in [9.17, 15) is 0 Å². The van der Waals surface area contributed by atoms with E-state index >= 15 is 0 Å². The van der Waals surface area contributed by atoms with Gasteiger partial charge in [-0.15, -0.1) is 22.7 Å². The van der Waals surface area contributed by atoms with Crippen LogP contribution in [-0.2, 0) is 0 Å². The Morgan fingerprint density at radius 1 is 0.217 bits per heavy atom. The van der Waals surface area contributed by atoms with Gasteiger partial charge >= 0.3 is 0 Å². The van der Waals surface area contributed by atoms with Gasteiger partial charge in [-0.1, -0.05) is 296 Å². The second kappa shape index (κ2) is 23.0. The van der Waals surface area contributed by atoms with Crippen molar-refractivity contribution in [3.8, 4) is 99.5 Å². The third-order valence-corrected chi connectivity index (χ3v) is 19.3. The normalized spacial score (nSPS) is 11.3. The average Bonchev–Trinajstić information content (AvgIpc) is 3.22. The topological polar surface area (TPSA) is 0 Å². The summed E-state index contributed by atoms with van der Waals surface area (Å²) in [5.41, 5.74) is 20.8. The molecule has 2 heterocycles. The number of hydrogen-bond donors (Lipinski definition) is 0. The Morgan fingerprint density at radius 2 is 0.482 bits per heavy atom. The molecule has 0 unspecified atom stereocenters. The molecular formula is C78H49BrCl2S2. The molecule has 0 aliphatic carbocycles. The second-order valence-electron chi connectivity index (χ2n) is 20.6. The largest absolute Gasteiger partial charge is 0.134 e. The molecule has 394 valence electrons. The molecule has 0 aliphatic heterocycles. The summed E-state index contributed by atoms with van der Waals surface area (Å²) < 4.78 is 3.71. The van der Waals surface area contributed by atoms with Crippen LogP contribution in [0, 0.1) is 0 Å². The highest BCUT2D eigenvalue weighted by Gasteiger charge is 2.27. The van der Waals surface area contributed by atoms with Crippen molar-refractivity contribution in [3.05, 3.63) is 311 Å². The van der Waals surface area contributed by atoms with E-state index < -0.39 is 0 Å². The van der Waals surface area contributed by atoms with E-state index in [0.29, 0.717) is 0 Å². The Bertz CT molecular complexity index is 4790. The van der Waals surface area contributed by atoms with Gasteiger partial charge in [0.05, 0.1) is 3.79 Å². The van der Waals surface area contributed by atoms with Crippen LogP contribution in [0.1, 0.15) is 0 Å². The van der Waals surface area contributed by atoms with Crippen LogP contribution in [0.15, 0.2) is 301 Å². The van der Waals surface area contributed by atoms with E-state index in [2.05, 4.69) is 289 Å². The predicted molar refractivity (Wildman–Crippen MR) is 365 cm³/mol. The fourth-order valence-corrected chi connectivity index (χ4v) is 15.6. The molecule has 15 rings (SSSR count). The van der Waals surface area contributed by atoms with Crippen molar-refractivity contribution in [1.29, 1.82) is 0 Å². The zero-order chi connectivity index (χ0) is 55.8. The van der Waals surface area contributed by atoms with Crippen LogP contribution in [0.2, 0.25) is 10.0 Å². The van der Waals surface area contributed by atoms with Crippen molar-refractivity contribution >= 4 is 104 Å². The summed E-state index contributed by atoms with van der Waals surface area (Å²) in [7, 11) is 0. The average molecular weight is 1200 g/mol. The Labute approximate surface area is 509 Å². The smallest absolute Gasteiger partial charge is 0.0789 e. The zero-order valence-corrected chi connectivity index (χ0v) is 49.5. The number of benzene rings is 13. The Balaban J connectivity index is 0.000000149. The molecule has 0 atom stereocenters. The first-order valence-corrected chi connectivity index (χ1v) is 30.8. The van der Waals surface area contributed by atoms with Crippen LogP contribution in [0.5, 0.6) is 0 Å². The fourth-order valence-electron chi connectivity index (χ4n) is 11.9. The van der Waals surface area contributed by atoms with Crippen molar-refractivity contribution in [2.75, 3.05) is 0 Å². The van der Waals surface area contributed by atoms with Gasteiger partial charge in [0.1, 0.15) is 0 Å². The first-order valence-electron chi connectivity index (χ1n) is 27.6. The fraction of sp³-hybridized carbons (Fsp3) is 0. The SMILES string of the molecule is Clc1ccc(-c2c(-c3ccccc3)c3sc(-c4ccccc4)c(-c4ccc(-c5ccccc5)cc4)c3c3ccccc23)cc1.Clc1ccc(-c2c(-c3ccccc3)c3sc(Br)c(-c4ccc(-c5ccccc5)cc4)c3c3ccccc23)cc1. The van der Waals surface area contributed by atoms with Crippen LogP contribution in [0.3, 0.4) is 0 Å². The molecule has 0 amide bonds. The van der Waals surface area contributed by atoms with Gasteiger partial charge in [-0.2, -0.15) is 0 Å². The molecule has 0 nitrogen and oxygen atoms in total. The van der Waals surface area contributed by atoms with Crippen LogP contribution < -0.4 is 0 Å². The highest BCUT2D eigenvalue weighted by atomic mass is 79.9. The molecule has 15 aromatic rings. The molecule has 5 heteroatoms. The summed E-state index contributed by atoms with van der Waals surface area (Å²) in [5, 5.41) is 9.04.